The number of nitrogens with one attached hydrogen (secondary N) is 1. The van der Waals surface area contributed by atoms with E-state index in [9.17, 15) is 4.79 Å². The van der Waals surface area contributed by atoms with Crippen molar-refractivity contribution < 1.29 is 4.79 Å². The fourth-order valence-corrected chi connectivity index (χ4v) is 4.88. The summed E-state index contributed by atoms with van der Waals surface area (Å²) in [4.78, 5) is 24.9. The van der Waals surface area contributed by atoms with Crippen LogP contribution < -0.4 is 5.32 Å². The third-order valence-corrected chi connectivity index (χ3v) is 6.52. The number of rotatable bonds is 10. The van der Waals surface area contributed by atoms with E-state index in [0.717, 1.165) is 52.6 Å². The van der Waals surface area contributed by atoms with E-state index in [1.165, 1.54) is 0 Å². The molecule has 0 radical (unpaired) electrons. The summed E-state index contributed by atoms with van der Waals surface area (Å²) >= 11 is 1.56. The number of hydrogen-bond donors (Lipinski definition) is 1. The Labute approximate surface area is 216 Å². The van der Waals surface area contributed by atoms with Crippen molar-refractivity contribution in [3.63, 3.8) is 0 Å². The zero-order valence-electron chi connectivity index (χ0n) is 21.2. The molecule has 2 heterocycles. The van der Waals surface area contributed by atoms with Crippen LogP contribution in [0, 0.1) is 5.92 Å². The maximum atomic E-state index is 13.4. The zero-order valence-corrected chi connectivity index (χ0v) is 22.0. The van der Waals surface area contributed by atoms with Gasteiger partial charge in [-0.2, -0.15) is 0 Å². The van der Waals surface area contributed by atoms with E-state index >= 15 is 0 Å². The largest absolute Gasteiger partial charge is 0.320 e. The van der Waals surface area contributed by atoms with Gasteiger partial charge in [0, 0.05) is 23.2 Å². The molecule has 0 fully saturated rings. The summed E-state index contributed by atoms with van der Waals surface area (Å²) in [5.74, 6) is 0.783. The fraction of sp³-hybridized carbons (Fsp3) is 0.321. The molecule has 0 aliphatic heterocycles. The number of nitrogens with zero attached hydrogens (tertiary/aromatic N) is 5. The van der Waals surface area contributed by atoms with Crippen LogP contribution in [0.1, 0.15) is 41.5 Å². The van der Waals surface area contributed by atoms with E-state index in [1.54, 1.807) is 17.4 Å². The molecular weight excluding hydrogens is 468 g/mol. The molecule has 0 saturated heterocycles. The van der Waals surface area contributed by atoms with Gasteiger partial charge >= 0.3 is 0 Å². The number of para-hydroxylation sites is 1. The maximum Gasteiger partial charge on any atom is 0.274 e. The van der Waals surface area contributed by atoms with Crippen molar-refractivity contribution in [3.05, 3.63) is 77.1 Å². The number of carbonyl (C=O) groups excluding carboxylic acids is 1. The second-order valence-electron chi connectivity index (χ2n) is 9.44. The van der Waals surface area contributed by atoms with Gasteiger partial charge in [-0.05, 0) is 57.6 Å². The van der Waals surface area contributed by atoms with E-state index in [1.807, 2.05) is 54.6 Å². The lowest BCUT2D eigenvalue weighted by atomic mass is 10.1. The molecule has 1 amide bonds. The fourth-order valence-electron chi connectivity index (χ4n) is 3.79. The lowest BCUT2D eigenvalue weighted by molar-refractivity contribution is 0.102. The number of anilines is 1. The maximum absolute atomic E-state index is 13.4. The van der Waals surface area contributed by atoms with Gasteiger partial charge in [-0.1, -0.05) is 67.6 Å². The van der Waals surface area contributed by atoms with Gasteiger partial charge in [0.2, 0.25) is 0 Å². The second-order valence-corrected chi connectivity index (χ2v) is 10.5. The molecule has 0 spiro atoms. The summed E-state index contributed by atoms with van der Waals surface area (Å²) in [5.41, 5.74) is 3.61. The molecular formula is C28H32N6OS. The van der Waals surface area contributed by atoms with Gasteiger partial charge in [-0.15, -0.1) is 10.2 Å². The highest BCUT2D eigenvalue weighted by atomic mass is 32.1. The van der Waals surface area contributed by atoms with Gasteiger partial charge in [-0.3, -0.25) is 4.79 Å². The monoisotopic (exact) mass is 500 g/mol. The Morgan fingerprint density at radius 2 is 1.75 bits per heavy atom. The SMILES string of the molecule is CC(C)Cc1nnc(-c2ccccc2NC(=O)c2cc(CCCN(C)C)nc(-c3ccccc3)n2)s1. The first-order chi connectivity index (χ1) is 17.4. The van der Waals surface area contributed by atoms with Crippen molar-refractivity contribution >= 4 is 22.9 Å². The average molecular weight is 501 g/mol. The summed E-state index contributed by atoms with van der Waals surface area (Å²) < 4.78 is 0. The van der Waals surface area contributed by atoms with E-state index < -0.39 is 0 Å². The first-order valence-corrected chi connectivity index (χ1v) is 13.0. The Hall–Kier alpha value is -3.49. The van der Waals surface area contributed by atoms with E-state index in [0.29, 0.717) is 23.1 Å². The molecule has 0 aliphatic carbocycles. The Morgan fingerprint density at radius 1 is 1.00 bits per heavy atom. The van der Waals surface area contributed by atoms with Crippen LogP contribution in [0.5, 0.6) is 0 Å². The predicted octanol–water partition coefficient (Wildman–Crippen LogP) is 5.61. The number of benzene rings is 2. The quantitative estimate of drug-likeness (QED) is 0.305. The van der Waals surface area contributed by atoms with E-state index in [4.69, 9.17) is 4.98 Å². The molecule has 2 aromatic carbocycles. The molecule has 4 rings (SSSR count). The number of carbonyl (C=O) groups is 1. The topological polar surface area (TPSA) is 83.9 Å². The van der Waals surface area contributed by atoms with Crippen LogP contribution in [0.3, 0.4) is 0 Å². The van der Waals surface area contributed by atoms with Crippen LogP contribution in [0.15, 0.2) is 60.7 Å². The highest BCUT2D eigenvalue weighted by molar-refractivity contribution is 7.14. The summed E-state index contributed by atoms with van der Waals surface area (Å²) in [6, 6.07) is 19.2. The van der Waals surface area contributed by atoms with Crippen molar-refractivity contribution in [2.75, 3.05) is 26.0 Å². The van der Waals surface area contributed by atoms with Crippen LogP contribution in [0.2, 0.25) is 0 Å². The first-order valence-electron chi connectivity index (χ1n) is 12.2. The molecule has 2 aromatic heterocycles. The highest BCUT2D eigenvalue weighted by Gasteiger charge is 2.17. The molecule has 7 nitrogen and oxygen atoms in total. The third-order valence-electron chi connectivity index (χ3n) is 5.54. The smallest absolute Gasteiger partial charge is 0.274 e. The minimum absolute atomic E-state index is 0.275. The molecule has 186 valence electrons. The van der Waals surface area contributed by atoms with Crippen LogP contribution in [0.4, 0.5) is 5.69 Å². The standard InChI is InChI=1S/C28H32N6OS/c1-19(2)17-25-32-33-28(36-25)22-14-8-9-15-23(22)31-27(35)24-18-21(13-10-16-34(3)4)29-26(30-24)20-11-6-5-7-12-20/h5-9,11-12,14-15,18-19H,10,13,16-17H2,1-4H3,(H,31,35). The van der Waals surface area contributed by atoms with Gasteiger partial charge in [-0.25, -0.2) is 9.97 Å². The number of hydrogen-bond acceptors (Lipinski definition) is 7. The lowest BCUT2D eigenvalue weighted by Crippen LogP contribution is -2.17. The number of amides is 1. The number of aromatic nitrogens is 4. The Morgan fingerprint density at radius 3 is 2.50 bits per heavy atom. The first kappa shape index (κ1) is 25.6. The van der Waals surface area contributed by atoms with Crippen LogP contribution in [-0.4, -0.2) is 51.6 Å². The summed E-state index contributed by atoms with van der Waals surface area (Å²) in [6.45, 7) is 5.27. The zero-order chi connectivity index (χ0) is 25.5. The molecule has 8 heteroatoms. The molecule has 0 bridgehead atoms. The van der Waals surface area contributed by atoms with Gasteiger partial charge in [0.05, 0.1) is 5.69 Å². The molecule has 36 heavy (non-hydrogen) atoms. The summed E-state index contributed by atoms with van der Waals surface area (Å²) in [6.07, 6.45) is 2.59. The Kier molecular flexibility index (Phi) is 8.51. The van der Waals surface area contributed by atoms with Crippen molar-refractivity contribution in [3.8, 4) is 22.0 Å². The Balaban J connectivity index is 1.62. The van der Waals surface area contributed by atoms with Crippen LogP contribution >= 0.6 is 11.3 Å². The lowest BCUT2D eigenvalue weighted by Gasteiger charge is -2.12. The molecule has 0 atom stereocenters. The van der Waals surface area contributed by atoms with E-state index in [-0.39, 0.29) is 5.91 Å². The Bertz CT molecular complexity index is 1300. The molecule has 1 N–H and O–H groups in total. The number of aryl methyl sites for hydroxylation is 1. The molecule has 0 aliphatic rings. The van der Waals surface area contributed by atoms with Crippen molar-refractivity contribution in [2.24, 2.45) is 5.92 Å². The summed E-state index contributed by atoms with van der Waals surface area (Å²) in [7, 11) is 4.10. The molecule has 0 unspecified atom stereocenters. The predicted molar refractivity (Wildman–Crippen MR) is 146 cm³/mol. The van der Waals surface area contributed by atoms with Crippen molar-refractivity contribution in [1.82, 2.24) is 25.1 Å². The molecule has 4 aromatic rings. The van der Waals surface area contributed by atoms with Gasteiger partial charge in [0.1, 0.15) is 15.7 Å². The second kappa shape index (κ2) is 12.0. The third kappa shape index (κ3) is 6.80. The van der Waals surface area contributed by atoms with Gasteiger partial charge in [0.25, 0.3) is 5.91 Å². The van der Waals surface area contributed by atoms with Crippen molar-refractivity contribution in [2.45, 2.75) is 33.1 Å². The van der Waals surface area contributed by atoms with Gasteiger partial charge < -0.3 is 10.2 Å². The van der Waals surface area contributed by atoms with Crippen molar-refractivity contribution in [1.29, 1.82) is 0 Å². The van der Waals surface area contributed by atoms with E-state index in [2.05, 4.69) is 53.3 Å². The summed E-state index contributed by atoms with van der Waals surface area (Å²) in [5, 5.41) is 13.6. The average Bonchev–Trinajstić information content (AvgIpc) is 3.32. The minimum Gasteiger partial charge on any atom is -0.320 e. The van der Waals surface area contributed by atoms with Crippen LogP contribution in [-0.2, 0) is 12.8 Å². The minimum atomic E-state index is -0.275. The normalized spacial score (nSPS) is 11.3. The molecule has 0 saturated carbocycles. The van der Waals surface area contributed by atoms with Crippen LogP contribution in [0.25, 0.3) is 22.0 Å². The highest BCUT2D eigenvalue weighted by Crippen LogP contribution is 2.31. The van der Waals surface area contributed by atoms with Gasteiger partial charge in [0.15, 0.2) is 5.82 Å².